The van der Waals surface area contributed by atoms with Gasteiger partial charge in [0.1, 0.15) is 5.82 Å². The van der Waals surface area contributed by atoms with Crippen LogP contribution >= 0.6 is 0 Å². The first-order chi connectivity index (χ1) is 9.24. The van der Waals surface area contributed by atoms with Crippen molar-refractivity contribution in [3.05, 3.63) is 60.5 Å². The highest BCUT2D eigenvalue weighted by molar-refractivity contribution is 5.99. The normalized spacial score (nSPS) is 10.6. The topological polar surface area (TPSA) is 50.9 Å². The molecule has 0 fully saturated rings. The second-order valence-corrected chi connectivity index (χ2v) is 4.24. The number of nitrogens with one attached hydrogen (secondary N) is 1. The zero-order valence-electron chi connectivity index (χ0n) is 10.1. The molecule has 3 N–H and O–H groups in total. The van der Waals surface area contributed by atoms with E-state index >= 15 is 0 Å². The molecule has 0 atom stereocenters. The van der Waals surface area contributed by atoms with Crippen molar-refractivity contribution in [2.75, 3.05) is 11.1 Å². The molecule has 3 nitrogen and oxygen atoms in total. The molecule has 0 saturated heterocycles. The highest BCUT2D eigenvalue weighted by Crippen LogP contribution is 2.28. The Hall–Kier alpha value is -2.62. The van der Waals surface area contributed by atoms with Gasteiger partial charge in [-0.2, -0.15) is 0 Å². The van der Waals surface area contributed by atoms with Crippen LogP contribution < -0.4 is 11.1 Å². The minimum Gasteiger partial charge on any atom is -0.398 e. The average Bonchev–Trinajstić information content (AvgIpc) is 2.42. The molecule has 0 aliphatic heterocycles. The molecule has 0 unspecified atom stereocenters. The number of fused-ring (bicyclic) bond motifs is 1. The third-order valence-corrected chi connectivity index (χ3v) is 2.91. The van der Waals surface area contributed by atoms with Crippen LogP contribution in [0.5, 0.6) is 0 Å². The maximum absolute atomic E-state index is 13.2. The van der Waals surface area contributed by atoms with Crippen molar-refractivity contribution in [1.29, 1.82) is 0 Å². The first kappa shape index (κ1) is 11.5. The number of halogens is 1. The minimum absolute atomic E-state index is 0.280. The van der Waals surface area contributed by atoms with E-state index in [4.69, 9.17) is 5.73 Å². The number of nitrogens with two attached hydrogens (primary N) is 1. The van der Waals surface area contributed by atoms with Crippen LogP contribution in [0.15, 0.2) is 54.7 Å². The predicted octanol–water partition coefficient (Wildman–Crippen LogP) is 3.70. The third kappa shape index (κ3) is 2.20. The van der Waals surface area contributed by atoms with Gasteiger partial charge in [0.25, 0.3) is 0 Å². The van der Waals surface area contributed by atoms with Crippen LogP contribution in [0, 0.1) is 5.82 Å². The first-order valence-electron chi connectivity index (χ1n) is 5.90. The number of hydrogen-bond acceptors (Lipinski definition) is 3. The van der Waals surface area contributed by atoms with E-state index in [1.54, 1.807) is 18.3 Å². The van der Waals surface area contributed by atoms with Crippen molar-refractivity contribution in [2.24, 2.45) is 0 Å². The minimum atomic E-state index is -0.280. The molecule has 0 radical (unpaired) electrons. The monoisotopic (exact) mass is 253 g/mol. The zero-order chi connectivity index (χ0) is 13.2. The van der Waals surface area contributed by atoms with Crippen molar-refractivity contribution in [1.82, 2.24) is 4.98 Å². The van der Waals surface area contributed by atoms with Gasteiger partial charge in [0.05, 0.1) is 11.2 Å². The van der Waals surface area contributed by atoms with E-state index in [9.17, 15) is 4.39 Å². The molecule has 0 aliphatic rings. The molecule has 19 heavy (non-hydrogen) atoms. The highest BCUT2D eigenvalue weighted by Gasteiger charge is 2.05. The predicted molar refractivity (Wildman–Crippen MR) is 75.8 cm³/mol. The van der Waals surface area contributed by atoms with E-state index in [1.807, 2.05) is 24.3 Å². The lowest BCUT2D eigenvalue weighted by molar-refractivity contribution is 0.628. The van der Waals surface area contributed by atoms with E-state index in [1.165, 1.54) is 12.1 Å². The number of anilines is 3. The summed E-state index contributed by atoms with van der Waals surface area (Å²) in [5.41, 5.74) is 8.84. The van der Waals surface area contributed by atoms with Gasteiger partial charge in [-0.15, -0.1) is 0 Å². The Morgan fingerprint density at radius 1 is 1.05 bits per heavy atom. The average molecular weight is 253 g/mol. The molecule has 3 aromatic rings. The summed E-state index contributed by atoms with van der Waals surface area (Å²) in [5.74, 6) is -0.280. The molecule has 0 spiro atoms. The van der Waals surface area contributed by atoms with Gasteiger partial charge in [-0.3, -0.25) is 4.98 Å². The molecule has 94 valence electrons. The van der Waals surface area contributed by atoms with Gasteiger partial charge < -0.3 is 11.1 Å². The second-order valence-electron chi connectivity index (χ2n) is 4.24. The lowest BCUT2D eigenvalue weighted by Crippen LogP contribution is -1.96. The van der Waals surface area contributed by atoms with E-state index in [2.05, 4.69) is 10.3 Å². The summed E-state index contributed by atoms with van der Waals surface area (Å²) < 4.78 is 13.2. The fourth-order valence-corrected chi connectivity index (χ4v) is 2.02. The van der Waals surface area contributed by atoms with Crippen LogP contribution in [-0.2, 0) is 0 Å². The smallest absolute Gasteiger partial charge is 0.125 e. The lowest BCUT2D eigenvalue weighted by Gasteiger charge is -2.10. The fourth-order valence-electron chi connectivity index (χ4n) is 2.02. The Labute approximate surface area is 109 Å². The van der Waals surface area contributed by atoms with Crippen LogP contribution in [0.3, 0.4) is 0 Å². The number of hydrogen-bond donors (Lipinski definition) is 2. The van der Waals surface area contributed by atoms with Gasteiger partial charge in [-0.25, -0.2) is 4.39 Å². The summed E-state index contributed by atoms with van der Waals surface area (Å²) in [4.78, 5) is 4.32. The van der Waals surface area contributed by atoms with Gasteiger partial charge >= 0.3 is 0 Å². The number of nitrogens with zero attached hydrogens (tertiary/aromatic N) is 1. The van der Waals surface area contributed by atoms with Crippen molar-refractivity contribution < 1.29 is 4.39 Å². The van der Waals surface area contributed by atoms with Crippen LogP contribution in [0.25, 0.3) is 10.9 Å². The largest absolute Gasteiger partial charge is 0.398 e. The van der Waals surface area contributed by atoms with Gasteiger partial charge in [0, 0.05) is 23.0 Å². The molecule has 0 amide bonds. The molecular weight excluding hydrogens is 241 g/mol. The number of pyridine rings is 1. The van der Waals surface area contributed by atoms with Crippen molar-refractivity contribution >= 4 is 28.0 Å². The number of rotatable bonds is 2. The van der Waals surface area contributed by atoms with Crippen LogP contribution in [0.2, 0.25) is 0 Å². The maximum atomic E-state index is 13.2. The molecule has 1 aromatic heterocycles. The SMILES string of the molecule is Nc1ccc(Nc2cccc(F)c2)c2ncccc12. The van der Waals surface area contributed by atoms with Crippen molar-refractivity contribution in [2.45, 2.75) is 0 Å². The molecule has 3 rings (SSSR count). The summed E-state index contributed by atoms with van der Waals surface area (Å²) in [6.45, 7) is 0. The number of aromatic nitrogens is 1. The van der Waals surface area contributed by atoms with Crippen LogP contribution in [0.1, 0.15) is 0 Å². The van der Waals surface area contributed by atoms with Gasteiger partial charge in [0.15, 0.2) is 0 Å². The Morgan fingerprint density at radius 3 is 2.79 bits per heavy atom. The van der Waals surface area contributed by atoms with Gasteiger partial charge in [0.2, 0.25) is 0 Å². The van der Waals surface area contributed by atoms with E-state index in [0.717, 1.165) is 16.6 Å². The standard InChI is InChI=1S/C15H12FN3/c16-10-3-1-4-11(9-10)19-14-7-6-13(17)12-5-2-8-18-15(12)14/h1-9,19H,17H2. The highest BCUT2D eigenvalue weighted by atomic mass is 19.1. The molecule has 0 saturated carbocycles. The second kappa shape index (κ2) is 4.57. The quantitative estimate of drug-likeness (QED) is 0.685. The number of nitrogen functional groups attached to an aromatic ring is 1. The molecule has 4 heteroatoms. The zero-order valence-corrected chi connectivity index (χ0v) is 10.1. The lowest BCUT2D eigenvalue weighted by atomic mass is 10.1. The fraction of sp³-hybridized carbons (Fsp3) is 0. The molecule has 1 heterocycles. The van der Waals surface area contributed by atoms with Crippen molar-refractivity contribution in [3.8, 4) is 0 Å². The Morgan fingerprint density at radius 2 is 1.95 bits per heavy atom. The van der Waals surface area contributed by atoms with E-state index in [0.29, 0.717) is 11.4 Å². The summed E-state index contributed by atoms with van der Waals surface area (Å²) in [7, 11) is 0. The van der Waals surface area contributed by atoms with Crippen molar-refractivity contribution in [3.63, 3.8) is 0 Å². The third-order valence-electron chi connectivity index (χ3n) is 2.91. The molecular formula is C15H12FN3. The summed E-state index contributed by atoms with van der Waals surface area (Å²) in [6, 6.07) is 13.7. The first-order valence-corrected chi connectivity index (χ1v) is 5.90. The summed E-state index contributed by atoms with van der Waals surface area (Å²) >= 11 is 0. The maximum Gasteiger partial charge on any atom is 0.125 e. The molecule has 0 bridgehead atoms. The molecule has 0 aliphatic carbocycles. The Balaban J connectivity index is 2.09. The van der Waals surface area contributed by atoms with Crippen LogP contribution in [0.4, 0.5) is 21.5 Å². The van der Waals surface area contributed by atoms with E-state index < -0.39 is 0 Å². The summed E-state index contributed by atoms with van der Waals surface area (Å²) in [6.07, 6.45) is 1.71. The van der Waals surface area contributed by atoms with Gasteiger partial charge in [-0.1, -0.05) is 6.07 Å². The van der Waals surface area contributed by atoms with E-state index in [-0.39, 0.29) is 5.82 Å². The number of benzene rings is 2. The summed E-state index contributed by atoms with van der Waals surface area (Å²) in [5, 5.41) is 4.04. The van der Waals surface area contributed by atoms with Crippen LogP contribution in [-0.4, -0.2) is 4.98 Å². The Kier molecular flexibility index (Phi) is 2.76. The Bertz CT molecular complexity index is 740. The van der Waals surface area contributed by atoms with Gasteiger partial charge in [-0.05, 0) is 42.5 Å². The molecule has 2 aromatic carbocycles.